The van der Waals surface area contributed by atoms with Crippen LogP contribution in [0.15, 0.2) is 18.2 Å². The Morgan fingerprint density at radius 1 is 1.30 bits per heavy atom. The van der Waals surface area contributed by atoms with E-state index in [0.717, 1.165) is 19.6 Å². The summed E-state index contributed by atoms with van der Waals surface area (Å²) < 4.78 is 39.3. The van der Waals surface area contributed by atoms with E-state index in [1.165, 1.54) is 6.07 Å². The first-order valence-corrected chi connectivity index (χ1v) is 7.66. The van der Waals surface area contributed by atoms with Gasteiger partial charge in [-0.3, -0.25) is 0 Å². The highest BCUT2D eigenvalue weighted by Crippen LogP contribution is 2.36. The van der Waals surface area contributed by atoms with Gasteiger partial charge in [0, 0.05) is 36.7 Å². The second kappa shape index (κ2) is 5.93. The molecule has 1 aromatic rings. The third-order valence-electron chi connectivity index (χ3n) is 3.71. The summed E-state index contributed by atoms with van der Waals surface area (Å²) >= 11 is 3.12. The number of anilines is 1. The summed E-state index contributed by atoms with van der Waals surface area (Å²) in [5, 5.41) is 0.209. The number of piperazine rings is 1. The molecule has 0 N–H and O–H groups in total. The molecule has 1 saturated heterocycles. The fraction of sp³-hybridized carbons (Fsp3) is 0.571. The Bertz CT molecular complexity index is 476. The summed E-state index contributed by atoms with van der Waals surface area (Å²) in [6.07, 6.45) is -4.31. The van der Waals surface area contributed by atoms with Gasteiger partial charge in [-0.25, -0.2) is 0 Å². The number of halogens is 4. The summed E-state index contributed by atoms with van der Waals surface area (Å²) in [6.45, 7) is 4.53. The third-order valence-corrected chi connectivity index (χ3v) is 4.31. The van der Waals surface area contributed by atoms with Crippen molar-refractivity contribution in [2.75, 3.05) is 31.6 Å². The van der Waals surface area contributed by atoms with Crippen LogP contribution in [-0.2, 0) is 11.5 Å². The summed E-state index contributed by atoms with van der Waals surface area (Å²) in [7, 11) is 2.03. The molecule has 0 aliphatic carbocycles. The summed E-state index contributed by atoms with van der Waals surface area (Å²) in [5.41, 5.74) is 0.392. The maximum Gasteiger partial charge on any atom is 0.416 e. The molecule has 1 fully saturated rings. The maximum absolute atomic E-state index is 13.1. The van der Waals surface area contributed by atoms with E-state index in [4.69, 9.17) is 0 Å². The van der Waals surface area contributed by atoms with Gasteiger partial charge in [-0.2, -0.15) is 13.2 Å². The smallest absolute Gasteiger partial charge is 0.366 e. The first-order chi connectivity index (χ1) is 9.32. The zero-order chi connectivity index (χ0) is 14.9. The standard InChI is InChI=1S/C14H18BrF3N2/c1-10-9-19(2)5-6-20(10)12-4-3-11(8-15)13(7-12)14(16,17)18/h3-4,7,10H,5-6,8-9H2,1-2H3. The molecule has 0 saturated carbocycles. The van der Waals surface area contributed by atoms with Gasteiger partial charge in [-0.15, -0.1) is 0 Å². The number of likely N-dealkylation sites (N-methyl/N-ethyl adjacent to an activating group) is 1. The molecule has 6 heteroatoms. The predicted molar refractivity (Wildman–Crippen MR) is 78.4 cm³/mol. The third kappa shape index (κ3) is 3.28. The molecule has 2 rings (SSSR count). The Morgan fingerprint density at radius 2 is 2.00 bits per heavy atom. The molecule has 2 nitrogen and oxygen atoms in total. The molecule has 20 heavy (non-hydrogen) atoms. The Kier molecular flexibility index (Phi) is 4.64. The van der Waals surface area contributed by atoms with Gasteiger partial charge >= 0.3 is 6.18 Å². The van der Waals surface area contributed by atoms with Crippen LogP contribution < -0.4 is 4.90 Å². The molecule has 0 radical (unpaired) electrons. The molecule has 0 bridgehead atoms. The summed E-state index contributed by atoms with van der Waals surface area (Å²) in [4.78, 5) is 4.24. The first-order valence-electron chi connectivity index (χ1n) is 6.54. The highest BCUT2D eigenvalue weighted by atomic mass is 79.9. The van der Waals surface area contributed by atoms with Crippen molar-refractivity contribution < 1.29 is 13.2 Å². The molecule has 1 unspecified atom stereocenters. The van der Waals surface area contributed by atoms with E-state index in [0.29, 0.717) is 5.69 Å². The molecule has 1 aliphatic rings. The lowest BCUT2D eigenvalue weighted by Gasteiger charge is -2.40. The zero-order valence-corrected chi connectivity index (χ0v) is 13.1. The molecule has 1 atom stereocenters. The molecular weight excluding hydrogens is 333 g/mol. The Labute approximate surface area is 125 Å². The molecule has 1 aliphatic heterocycles. The maximum atomic E-state index is 13.1. The Morgan fingerprint density at radius 3 is 2.55 bits per heavy atom. The van der Waals surface area contributed by atoms with Crippen molar-refractivity contribution in [2.24, 2.45) is 0 Å². The largest absolute Gasteiger partial charge is 0.416 e. The molecule has 1 aromatic carbocycles. The van der Waals surface area contributed by atoms with Crippen LogP contribution in [0.5, 0.6) is 0 Å². The van der Waals surface area contributed by atoms with Gasteiger partial charge in [0.2, 0.25) is 0 Å². The minimum atomic E-state index is -4.31. The number of hydrogen-bond acceptors (Lipinski definition) is 2. The minimum Gasteiger partial charge on any atom is -0.366 e. The SMILES string of the molecule is CC1CN(C)CCN1c1ccc(CBr)c(C(F)(F)F)c1. The lowest BCUT2D eigenvalue weighted by atomic mass is 10.1. The molecule has 0 amide bonds. The number of rotatable bonds is 2. The number of hydrogen-bond donors (Lipinski definition) is 0. The summed E-state index contributed by atoms with van der Waals surface area (Å²) in [6, 6.07) is 4.84. The van der Waals surface area contributed by atoms with E-state index in [1.54, 1.807) is 12.1 Å². The van der Waals surface area contributed by atoms with Gasteiger partial charge in [0.15, 0.2) is 0 Å². The monoisotopic (exact) mass is 350 g/mol. The average molecular weight is 351 g/mol. The number of nitrogens with zero attached hydrogens (tertiary/aromatic N) is 2. The van der Waals surface area contributed by atoms with E-state index >= 15 is 0 Å². The van der Waals surface area contributed by atoms with Gasteiger partial charge in [-0.1, -0.05) is 22.0 Å². The summed E-state index contributed by atoms with van der Waals surface area (Å²) in [5.74, 6) is 0. The molecular formula is C14H18BrF3N2. The van der Waals surface area contributed by atoms with Crippen LogP contribution in [-0.4, -0.2) is 37.6 Å². The predicted octanol–water partition coefficient (Wildman–Crippen LogP) is 3.74. The van der Waals surface area contributed by atoms with Crippen LogP contribution in [0.3, 0.4) is 0 Å². The van der Waals surface area contributed by atoms with Crippen molar-refractivity contribution in [1.82, 2.24) is 4.90 Å². The van der Waals surface area contributed by atoms with Crippen molar-refractivity contribution >= 4 is 21.6 Å². The van der Waals surface area contributed by atoms with Crippen molar-refractivity contribution in [3.05, 3.63) is 29.3 Å². The molecule has 0 spiro atoms. The van der Waals surface area contributed by atoms with Crippen molar-refractivity contribution in [3.8, 4) is 0 Å². The van der Waals surface area contributed by atoms with Crippen LogP contribution >= 0.6 is 15.9 Å². The molecule has 112 valence electrons. The van der Waals surface area contributed by atoms with E-state index in [2.05, 4.69) is 20.8 Å². The minimum absolute atomic E-state index is 0.209. The Balaban J connectivity index is 2.34. The average Bonchev–Trinajstić information content (AvgIpc) is 2.37. The zero-order valence-electron chi connectivity index (χ0n) is 11.5. The van der Waals surface area contributed by atoms with Crippen LogP contribution in [0.1, 0.15) is 18.1 Å². The van der Waals surface area contributed by atoms with E-state index in [1.807, 2.05) is 18.9 Å². The lowest BCUT2D eigenvalue weighted by molar-refractivity contribution is -0.138. The van der Waals surface area contributed by atoms with Crippen molar-refractivity contribution in [1.29, 1.82) is 0 Å². The lowest BCUT2D eigenvalue weighted by Crippen LogP contribution is -2.50. The normalized spacial score (nSPS) is 21.3. The van der Waals surface area contributed by atoms with Gasteiger partial charge in [-0.05, 0) is 31.7 Å². The van der Waals surface area contributed by atoms with E-state index < -0.39 is 11.7 Å². The number of alkyl halides is 4. The van der Waals surface area contributed by atoms with Crippen LogP contribution in [0.2, 0.25) is 0 Å². The van der Waals surface area contributed by atoms with Gasteiger partial charge in [0.05, 0.1) is 5.56 Å². The highest BCUT2D eigenvalue weighted by molar-refractivity contribution is 9.08. The highest BCUT2D eigenvalue weighted by Gasteiger charge is 2.34. The molecule has 1 heterocycles. The van der Waals surface area contributed by atoms with Crippen LogP contribution in [0, 0.1) is 0 Å². The van der Waals surface area contributed by atoms with E-state index in [-0.39, 0.29) is 16.9 Å². The fourth-order valence-corrected chi connectivity index (χ4v) is 3.14. The van der Waals surface area contributed by atoms with Crippen LogP contribution in [0.25, 0.3) is 0 Å². The van der Waals surface area contributed by atoms with Gasteiger partial charge in [0.25, 0.3) is 0 Å². The Hall–Kier alpha value is -0.750. The van der Waals surface area contributed by atoms with Gasteiger partial charge in [0.1, 0.15) is 0 Å². The molecule has 0 aromatic heterocycles. The van der Waals surface area contributed by atoms with Crippen molar-refractivity contribution in [2.45, 2.75) is 24.5 Å². The number of benzene rings is 1. The quantitative estimate of drug-likeness (QED) is 0.749. The van der Waals surface area contributed by atoms with Crippen LogP contribution in [0.4, 0.5) is 18.9 Å². The fourth-order valence-electron chi connectivity index (χ4n) is 2.65. The van der Waals surface area contributed by atoms with Gasteiger partial charge < -0.3 is 9.80 Å². The van der Waals surface area contributed by atoms with E-state index in [9.17, 15) is 13.2 Å². The first kappa shape index (κ1) is 15.6. The van der Waals surface area contributed by atoms with Crippen molar-refractivity contribution in [3.63, 3.8) is 0 Å². The second-order valence-electron chi connectivity index (χ2n) is 5.28. The topological polar surface area (TPSA) is 6.48 Å². The second-order valence-corrected chi connectivity index (χ2v) is 5.84.